The first-order chi connectivity index (χ1) is 7.86. The number of aliphatic hydroxyl groups is 1. The van der Waals surface area contributed by atoms with E-state index in [1.54, 1.807) is 18.5 Å². The van der Waals surface area contributed by atoms with E-state index < -0.39 is 0 Å². The van der Waals surface area contributed by atoms with E-state index in [1.807, 2.05) is 16.8 Å². The normalized spacial score (nSPS) is 19.4. The van der Waals surface area contributed by atoms with Gasteiger partial charge in [-0.15, -0.1) is 0 Å². The number of rotatable bonds is 1. The van der Waals surface area contributed by atoms with Crippen LogP contribution in [-0.4, -0.2) is 19.6 Å². The van der Waals surface area contributed by atoms with Crippen molar-refractivity contribution in [3.63, 3.8) is 0 Å². The molecule has 0 aromatic carbocycles. The monoisotopic (exact) mass is 215 g/mol. The highest BCUT2D eigenvalue weighted by Gasteiger charge is 2.22. The second-order valence-corrected chi connectivity index (χ2v) is 4.04. The molecule has 1 N–H and O–H groups in total. The van der Waals surface area contributed by atoms with E-state index in [0.29, 0.717) is 5.95 Å². The van der Waals surface area contributed by atoms with E-state index in [-0.39, 0.29) is 6.10 Å². The second-order valence-electron chi connectivity index (χ2n) is 4.04. The van der Waals surface area contributed by atoms with Crippen molar-refractivity contribution < 1.29 is 5.11 Å². The highest BCUT2D eigenvalue weighted by atomic mass is 16.3. The summed E-state index contributed by atoms with van der Waals surface area (Å²) in [6.45, 7) is 0. The van der Waals surface area contributed by atoms with Crippen molar-refractivity contribution >= 4 is 0 Å². The summed E-state index contributed by atoms with van der Waals surface area (Å²) in [5.74, 6) is 0.679. The smallest absolute Gasteiger partial charge is 0.233 e. The first kappa shape index (κ1) is 9.54. The Labute approximate surface area is 93.6 Å². The maximum absolute atomic E-state index is 9.87. The van der Waals surface area contributed by atoms with Gasteiger partial charge in [0.05, 0.1) is 6.10 Å². The molecule has 0 bridgehead atoms. The molecule has 16 heavy (non-hydrogen) atoms. The number of fused-ring (bicyclic) bond motifs is 1. The third-order valence-corrected chi connectivity index (χ3v) is 3.04. The Bertz CT molecular complexity index is 492. The van der Waals surface area contributed by atoms with E-state index in [2.05, 4.69) is 9.97 Å². The van der Waals surface area contributed by atoms with Gasteiger partial charge in [0.25, 0.3) is 0 Å². The fourth-order valence-corrected chi connectivity index (χ4v) is 2.27. The summed E-state index contributed by atoms with van der Waals surface area (Å²) >= 11 is 0. The molecule has 82 valence electrons. The Morgan fingerprint density at radius 1 is 1.31 bits per heavy atom. The zero-order valence-corrected chi connectivity index (χ0v) is 8.87. The fourth-order valence-electron chi connectivity index (χ4n) is 2.27. The summed E-state index contributed by atoms with van der Waals surface area (Å²) in [5.41, 5.74) is 2.17. The molecule has 0 spiro atoms. The van der Waals surface area contributed by atoms with Crippen molar-refractivity contribution in [1.82, 2.24) is 14.5 Å². The van der Waals surface area contributed by atoms with Crippen LogP contribution in [0.4, 0.5) is 0 Å². The Balaban J connectivity index is 2.10. The van der Waals surface area contributed by atoms with Gasteiger partial charge in [0.15, 0.2) is 0 Å². The van der Waals surface area contributed by atoms with Crippen LogP contribution in [0.25, 0.3) is 5.95 Å². The number of hydrogen-bond donors (Lipinski definition) is 1. The Morgan fingerprint density at radius 2 is 2.12 bits per heavy atom. The molecule has 1 atom stereocenters. The molecule has 3 rings (SSSR count). The van der Waals surface area contributed by atoms with Gasteiger partial charge in [-0.1, -0.05) is 0 Å². The van der Waals surface area contributed by atoms with Gasteiger partial charge in [0, 0.05) is 29.8 Å². The highest BCUT2D eigenvalue weighted by Crippen LogP contribution is 2.31. The second kappa shape index (κ2) is 3.72. The number of aliphatic hydroxyl groups excluding tert-OH is 1. The lowest BCUT2D eigenvalue weighted by molar-refractivity contribution is 0.156. The van der Waals surface area contributed by atoms with Gasteiger partial charge >= 0.3 is 0 Å². The summed E-state index contributed by atoms with van der Waals surface area (Å²) in [6, 6.07) is 3.77. The maximum Gasteiger partial charge on any atom is 0.233 e. The van der Waals surface area contributed by atoms with Crippen molar-refractivity contribution in [2.24, 2.45) is 0 Å². The Hall–Kier alpha value is -1.68. The Morgan fingerprint density at radius 3 is 2.94 bits per heavy atom. The molecule has 1 aliphatic rings. The summed E-state index contributed by atoms with van der Waals surface area (Å²) in [6.07, 6.45) is 7.93. The molecule has 2 aromatic rings. The average molecular weight is 215 g/mol. The topological polar surface area (TPSA) is 50.9 Å². The van der Waals surface area contributed by atoms with E-state index in [0.717, 1.165) is 30.5 Å². The van der Waals surface area contributed by atoms with Gasteiger partial charge in [-0.05, 0) is 31.4 Å². The van der Waals surface area contributed by atoms with Gasteiger partial charge in [-0.3, -0.25) is 4.57 Å². The zero-order valence-electron chi connectivity index (χ0n) is 8.87. The molecular weight excluding hydrogens is 202 g/mol. The molecule has 0 radical (unpaired) electrons. The van der Waals surface area contributed by atoms with Crippen LogP contribution < -0.4 is 0 Å². The van der Waals surface area contributed by atoms with Crippen LogP contribution in [0.1, 0.15) is 30.2 Å². The lowest BCUT2D eigenvalue weighted by atomic mass is 9.95. The quantitative estimate of drug-likeness (QED) is 0.786. The molecule has 1 aliphatic carbocycles. The molecule has 2 heterocycles. The van der Waals surface area contributed by atoms with Gasteiger partial charge in [0.2, 0.25) is 5.95 Å². The lowest BCUT2D eigenvalue weighted by Gasteiger charge is -2.19. The molecule has 0 fully saturated rings. The van der Waals surface area contributed by atoms with Crippen LogP contribution in [0.5, 0.6) is 0 Å². The van der Waals surface area contributed by atoms with Crippen LogP contribution in [0.2, 0.25) is 0 Å². The first-order valence-corrected chi connectivity index (χ1v) is 5.52. The van der Waals surface area contributed by atoms with Crippen LogP contribution in [-0.2, 0) is 6.42 Å². The molecular formula is C12H13N3O. The zero-order chi connectivity index (χ0) is 11.0. The highest BCUT2D eigenvalue weighted by molar-refractivity contribution is 5.32. The average Bonchev–Trinajstić information content (AvgIpc) is 2.75. The number of hydrogen-bond acceptors (Lipinski definition) is 3. The van der Waals surface area contributed by atoms with Crippen molar-refractivity contribution in [2.45, 2.75) is 25.4 Å². The molecule has 0 saturated carbocycles. The summed E-state index contributed by atoms with van der Waals surface area (Å²) < 4.78 is 1.97. The lowest BCUT2D eigenvalue weighted by Crippen LogP contribution is -2.12. The third kappa shape index (κ3) is 1.42. The third-order valence-electron chi connectivity index (χ3n) is 3.04. The first-order valence-electron chi connectivity index (χ1n) is 5.52. The minimum atomic E-state index is -0.325. The van der Waals surface area contributed by atoms with Crippen LogP contribution in [0, 0.1) is 0 Å². The fraction of sp³-hybridized carbons (Fsp3) is 0.333. The predicted molar refractivity (Wildman–Crippen MR) is 59.3 cm³/mol. The van der Waals surface area contributed by atoms with Gasteiger partial charge < -0.3 is 5.11 Å². The molecule has 2 aromatic heterocycles. The van der Waals surface area contributed by atoms with E-state index in [9.17, 15) is 5.11 Å². The molecule has 0 amide bonds. The standard InChI is InChI=1S/C12H13N3O/c16-11-4-1-3-10-9(11)5-8-15(10)12-13-6-2-7-14-12/h2,5-8,11,16H,1,3-4H2. The predicted octanol–water partition coefficient (Wildman–Crippen LogP) is 1.64. The van der Waals surface area contributed by atoms with Crippen molar-refractivity contribution in [2.75, 3.05) is 0 Å². The molecule has 0 saturated heterocycles. The van der Waals surface area contributed by atoms with Crippen LogP contribution in [0.15, 0.2) is 30.7 Å². The largest absolute Gasteiger partial charge is 0.388 e. The van der Waals surface area contributed by atoms with Gasteiger partial charge in [-0.25, -0.2) is 9.97 Å². The molecule has 1 unspecified atom stereocenters. The van der Waals surface area contributed by atoms with Crippen LogP contribution >= 0.6 is 0 Å². The SMILES string of the molecule is OC1CCCc2c1ccn2-c1ncccn1. The molecule has 4 heteroatoms. The summed E-state index contributed by atoms with van der Waals surface area (Å²) in [7, 11) is 0. The molecule has 4 nitrogen and oxygen atoms in total. The maximum atomic E-state index is 9.87. The number of aromatic nitrogens is 3. The van der Waals surface area contributed by atoms with E-state index >= 15 is 0 Å². The van der Waals surface area contributed by atoms with Crippen molar-refractivity contribution in [3.8, 4) is 5.95 Å². The number of nitrogens with zero attached hydrogens (tertiary/aromatic N) is 3. The minimum Gasteiger partial charge on any atom is -0.388 e. The van der Waals surface area contributed by atoms with E-state index in [1.165, 1.54) is 0 Å². The Kier molecular flexibility index (Phi) is 2.22. The van der Waals surface area contributed by atoms with Crippen molar-refractivity contribution in [3.05, 3.63) is 42.0 Å². The minimum absolute atomic E-state index is 0.325. The molecule has 0 aliphatic heterocycles. The van der Waals surface area contributed by atoms with Crippen LogP contribution in [0.3, 0.4) is 0 Å². The van der Waals surface area contributed by atoms with E-state index in [4.69, 9.17) is 0 Å². The van der Waals surface area contributed by atoms with Gasteiger partial charge in [0.1, 0.15) is 0 Å². The van der Waals surface area contributed by atoms with Gasteiger partial charge in [-0.2, -0.15) is 0 Å². The summed E-state index contributed by atoms with van der Waals surface area (Å²) in [5, 5.41) is 9.87. The summed E-state index contributed by atoms with van der Waals surface area (Å²) in [4.78, 5) is 8.45. The van der Waals surface area contributed by atoms with Crippen molar-refractivity contribution in [1.29, 1.82) is 0 Å².